The van der Waals surface area contributed by atoms with Crippen molar-refractivity contribution in [3.05, 3.63) is 30.0 Å². The van der Waals surface area contributed by atoms with E-state index >= 15 is 0 Å². The van der Waals surface area contributed by atoms with Gasteiger partial charge in [0, 0.05) is 0 Å². The van der Waals surface area contributed by atoms with Gasteiger partial charge in [0.05, 0.1) is 25.3 Å². The van der Waals surface area contributed by atoms with Crippen molar-refractivity contribution in [3.8, 4) is 0 Å². The van der Waals surface area contributed by atoms with Crippen LogP contribution in [-0.2, 0) is 21.0 Å². The first-order chi connectivity index (χ1) is 11.9. The Kier molecular flexibility index (Phi) is 6.07. The summed E-state index contributed by atoms with van der Waals surface area (Å²) < 4.78 is 18.3. The Labute approximate surface area is 159 Å². The van der Waals surface area contributed by atoms with Crippen LogP contribution in [0.3, 0.4) is 0 Å². The van der Waals surface area contributed by atoms with Gasteiger partial charge in [-0.05, 0) is 12.5 Å². The number of hydroxylamine groups is 2. The summed E-state index contributed by atoms with van der Waals surface area (Å²) in [5.41, 5.74) is 0.561. The summed E-state index contributed by atoms with van der Waals surface area (Å²) in [6.07, 6.45) is 1.71. The van der Waals surface area contributed by atoms with E-state index in [1.807, 2.05) is 0 Å². The number of nitrogens with zero attached hydrogens (tertiary/aromatic N) is 3. The topological polar surface area (TPSA) is 125 Å². The van der Waals surface area contributed by atoms with Gasteiger partial charge >= 0.3 is 37.2 Å². The maximum absolute atomic E-state index is 13.3. The second-order valence-corrected chi connectivity index (χ2v) is 5.54. The number of hydrogen-bond donors (Lipinski definition) is 2. The molecule has 1 fully saturated rings. The molecule has 3 heterocycles. The Hall–Kier alpha value is -2.35. The number of halogens is 1. The molecule has 1 aromatic heterocycles. The van der Waals surface area contributed by atoms with E-state index in [0.717, 1.165) is 0 Å². The van der Waals surface area contributed by atoms with E-state index in [1.165, 1.54) is 17.4 Å². The van der Waals surface area contributed by atoms with Gasteiger partial charge in [0.25, 0.3) is 0 Å². The fourth-order valence-corrected chi connectivity index (χ4v) is 2.81. The number of carboxylic acid groups (broad SMARTS) is 1. The number of urea groups is 1. The van der Waals surface area contributed by atoms with Crippen molar-refractivity contribution in [3.63, 3.8) is 0 Å². The van der Waals surface area contributed by atoms with Crippen LogP contribution in [0.25, 0.3) is 0 Å². The summed E-state index contributed by atoms with van der Waals surface area (Å²) in [6, 6.07) is -2.35. The zero-order chi connectivity index (χ0) is 18.1. The number of carbonyl (C=O) groups excluding carboxylic acids is 2. The molecule has 2 bridgehead atoms. The number of aliphatic carboxylic acids is 1. The number of carboxylic acids is 1. The first-order valence-corrected chi connectivity index (χ1v) is 7.36. The van der Waals surface area contributed by atoms with Gasteiger partial charge in [0.15, 0.2) is 0 Å². The van der Waals surface area contributed by atoms with Gasteiger partial charge in [-0.3, -0.25) is 4.79 Å². The molecule has 0 spiro atoms. The van der Waals surface area contributed by atoms with Crippen molar-refractivity contribution < 1.29 is 33.1 Å². The third-order valence-corrected chi connectivity index (χ3v) is 3.86. The number of fused-ring (bicyclic) bond motifs is 2. The average molecular weight is 362 g/mol. The summed E-state index contributed by atoms with van der Waals surface area (Å²) in [4.78, 5) is 45.0. The van der Waals surface area contributed by atoms with E-state index in [4.69, 9.17) is 9.52 Å². The van der Waals surface area contributed by atoms with Crippen molar-refractivity contribution in [2.24, 2.45) is 0 Å². The molecular formula is C14H16FLiN4O6. The van der Waals surface area contributed by atoms with Crippen molar-refractivity contribution in [1.29, 1.82) is 0 Å². The average Bonchev–Trinajstić information content (AvgIpc) is 3.16. The number of alkyl halides is 1. The number of amides is 3. The molecule has 26 heavy (non-hydrogen) atoms. The van der Waals surface area contributed by atoms with E-state index in [9.17, 15) is 18.8 Å². The Bertz CT molecular complexity index is 727. The van der Waals surface area contributed by atoms with Crippen molar-refractivity contribution in [2.45, 2.75) is 31.9 Å². The second-order valence-electron chi connectivity index (χ2n) is 5.54. The Morgan fingerprint density at radius 1 is 1.58 bits per heavy atom. The Morgan fingerprint density at radius 3 is 2.92 bits per heavy atom. The molecule has 3 atom stereocenters. The molecule has 0 unspecified atom stereocenters. The van der Waals surface area contributed by atoms with Gasteiger partial charge in [-0.15, -0.1) is 0 Å². The molecule has 1 aromatic rings. The molecule has 2 aliphatic rings. The van der Waals surface area contributed by atoms with Crippen LogP contribution >= 0.6 is 0 Å². The second kappa shape index (κ2) is 7.90. The van der Waals surface area contributed by atoms with Gasteiger partial charge < -0.3 is 19.7 Å². The van der Waals surface area contributed by atoms with Gasteiger partial charge in [-0.25, -0.2) is 23.8 Å². The van der Waals surface area contributed by atoms with Crippen LogP contribution in [0.2, 0.25) is 0 Å². The quantitative estimate of drug-likeness (QED) is 0.511. The van der Waals surface area contributed by atoms with E-state index in [2.05, 4.69) is 15.1 Å². The molecule has 2 aliphatic heterocycles. The summed E-state index contributed by atoms with van der Waals surface area (Å²) in [5.74, 6) is -2.00. The van der Waals surface area contributed by atoms with Crippen LogP contribution in [0.15, 0.2) is 28.5 Å². The normalized spacial score (nSPS) is 22.5. The van der Waals surface area contributed by atoms with Crippen molar-refractivity contribution in [2.75, 3.05) is 6.54 Å². The van der Waals surface area contributed by atoms with E-state index in [1.54, 1.807) is 13.0 Å². The molecule has 136 valence electrons. The molecule has 0 saturated carbocycles. The number of hydrogen-bond acceptors (Lipinski definition) is 6. The number of aromatic nitrogens is 1. The molecular weight excluding hydrogens is 346 g/mol. The van der Waals surface area contributed by atoms with Crippen LogP contribution in [0.4, 0.5) is 9.18 Å². The Balaban J connectivity index is 0.00000243. The molecule has 10 nitrogen and oxygen atoms in total. The molecule has 0 aliphatic carbocycles. The predicted molar refractivity (Wildman–Crippen MR) is 84.4 cm³/mol. The molecule has 1 saturated heterocycles. The monoisotopic (exact) mass is 362 g/mol. The fraction of sp³-hybridized carbons (Fsp3) is 0.429. The number of nitrogens with one attached hydrogen (secondary N) is 1. The minimum atomic E-state index is -2.67. The van der Waals surface area contributed by atoms with Gasteiger partial charge in [-0.1, -0.05) is 6.08 Å². The zero-order valence-electron chi connectivity index (χ0n) is 13.1. The van der Waals surface area contributed by atoms with Gasteiger partial charge in [0.1, 0.15) is 12.3 Å². The predicted octanol–water partition coefficient (Wildman–Crippen LogP) is -0.611. The standard InChI is InChI=1S/C14H15FN4O6.Li.H/c1-7-4-8-6-18(14(23)19(8)25-11(15)13(21)22)10(7)12(20)17-5-9-16-2-3-24-9;;/h2-4,8,10-11H,5-6H2,1H3,(H,17,20)(H,21,22);;/t8-,10+,11-;;/m1../s1. The first-order valence-electron chi connectivity index (χ1n) is 7.36. The molecule has 12 heteroatoms. The summed E-state index contributed by atoms with van der Waals surface area (Å²) in [5, 5.41) is 11.8. The minimum absolute atomic E-state index is 0. The summed E-state index contributed by atoms with van der Waals surface area (Å²) >= 11 is 0. The van der Waals surface area contributed by atoms with Crippen molar-refractivity contribution >= 4 is 36.8 Å². The third-order valence-electron chi connectivity index (χ3n) is 3.86. The van der Waals surface area contributed by atoms with E-state index < -0.39 is 36.3 Å². The van der Waals surface area contributed by atoms with Crippen LogP contribution in [0, 0.1) is 0 Å². The van der Waals surface area contributed by atoms with Crippen LogP contribution in [0.5, 0.6) is 0 Å². The van der Waals surface area contributed by atoms with E-state index in [-0.39, 0.29) is 32.0 Å². The first kappa shape index (κ1) is 20.0. The van der Waals surface area contributed by atoms with Crippen LogP contribution in [-0.4, -0.2) is 81.8 Å². The molecule has 2 N–H and O–H groups in total. The summed E-state index contributed by atoms with van der Waals surface area (Å²) in [7, 11) is 0. The van der Waals surface area contributed by atoms with Crippen LogP contribution in [0.1, 0.15) is 12.8 Å². The molecule has 0 radical (unpaired) electrons. The van der Waals surface area contributed by atoms with Gasteiger partial charge in [-0.2, -0.15) is 5.06 Å². The summed E-state index contributed by atoms with van der Waals surface area (Å²) in [6.45, 7) is 1.78. The van der Waals surface area contributed by atoms with E-state index in [0.29, 0.717) is 16.5 Å². The van der Waals surface area contributed by atoms with Gasteiger partial charge in [0.2, 0.25) is 11.8 Å². The number of rotatable bonds is 6. The number of carbonyl (C=O) groups is 3. The SMILES string of the molecule is CC1=C[C@@H]2CN(C(=O)N2O[C@@H](F)C(=O)O)[C@@H]1C(=O)NCc1ncco1.[LiH]. The molecule has 3 amide bonds. The third kappa shape index (κ3) is 3.74. The molecule has 3 rings (SSSR count). The fourth-order valence-electron chi connectivity index (χ4n) is 2.81. The maximum atomic E-state index is 13.3. The van der Waals surface area contributed by atoms with Crippen LogP contribution < -0.4 is 5.32 Å². The Morgan fingerprint density at radius 2 is 2.31 bits per heavy atom. The van der Waals surface area contributed by atoms with Crippen molar-refractivity contribution in [1.82, 2.24) is 20.3 Å². The molecule has 0 aromatic carbocycles. The zero-order valence-corrected chi connectivity index (χ0v) is 13.1. The number of oxazole rings is 1.